The van der Waals surface area contributed by atoms with Crippen LogP contribution >= 0.6 is 15.9 Å². The van der Waals surface area contributed by atoms with Crippen molar-refractivity contribution >= 4 is 15.9 Å². The highest BCUT2D eigenvalue weighted by Gasteiger charge is 2.19. The molecule has 1 saturated heterocycles. The van der Waals surface area contributed by atoms with Gasteiger partial charge in [-0.3, -0.25) is 4.90 Å². The Morgan fingerprint density at radius 2 is 2.32 bits per heavy atom. The van der Waals surface area contributed by atoms with Crippen molar-refractivity contribution in [1.82, 2.24) is 4.90 Å². The quantitative estimate of drug-likeness (QED) is 0.869. The summed E-state index contributed by atoms with van der Waals surface area (Å²) < 4.78 is 20.2. The molecule has 1 heterocycles. The number of aliphatic hydroxyl groups is 1. The molecule has 1 aliphatic heterocycles. The van der Waals surface area contributed by atoms with Gasteiger partial charge in [0.25, 0.3) is 0 Å². The molecule has 1 aliphatic rings. The van der Waals surface area contributed by atoms with Gasteiger partial charge in [0.1, 0.15) is 5.82 Å². The topological polar surface area (TPSA) is 32.7 Å². The Morgan fingerprint density at radius 3 is 3.00 bits per heavy atom. The van der Waals surface area contributed by atoms with Crippen LogP contribution in [0.3, 0.4) is 0 Å². The second-order valence-corrected chi connectivity index (χ2v) is 5.75. The van der Waals surface area contributed by atoms with Crippen LogP contribution in [-0.4, -0.2) is 42.4 Å². The molecule has 0 saturated carbocycles. The van der Waals surface area contributed by atoms with Gasteiger partial charge in [-0.05, 0) is 31.0 Å². The zero-order valence-corrected chi connectivity index (χ0v) is 12.4. The van der Waals surface area contributed by atoms with E-state index in [1.54, 1.807) is 12.1 Å². The summed E-state index contributed by atoms with van der Waals surface area (Å²) in [5.41, 5.74) is 0.640. The highest BCUT2D eigenvalue weighted by molar-refractivity contribution is 9.10. The second-order valence-electron chi connectivity index (χ2n) is 4.83. The van der Waals surface area contributed by atoms with Crippen LogP contribution in [0.15, 0.2) is 22.7 Å². The van der Waals surface area contributed by atoms with Gasteiger partial charge in [-0.25, -0.2) is 4.39 Å². The van der Waals surface area contributed by atoms with Gasteiger partial charge in [-0.15, -0.1) is 0 Å². The van der Waals surface area contributed by atoms with Gasteiger partial charge in [-0.1, -0.05) is 15.9 Å². The summed E-state index contributed by atoms with van der Waals surface area (Å²) in [6.07, 6.45) is 2.34. The van der Waals surface area contributed by atoms with Gasteiger partial charge in [0.2, 0.25) is 0 Å². The van der Waals surface area contributed by atoms with Crippen LogP contribution in [-0.2, 0) is 11.3 Å². The molecule has 1 N–H and O–H groups in total. The van der Waals surface area contributed by atoms with Gasteiger partial charge in [0.15, 0.2) is 0 Å². The Kier molecular flexibility index (Phi) is 5.76. The molecule has 0 aliphatic carbocycles. The van der Waals surface area contributed by atoms with Crippen LogP contribution < -0.4 is 0 Å². The lowest BCUT2D eigenvalue weighted by molar-refractivity contribution is 0.0634. The molecule has 1 aromatic rings. The zero-order chi connectivity index (χ0) is 13.7. The molecular formula is C14H19BrFNO2. The lowest BCUT2D eigenvalue weighted by Crippen LogP contribution is -2.34. The van der Waals surface area contributed by atoms with E-state index < -0.39 is 0 Å². The maximum atomic E-state index is 13.7. The average Bonchev–Trinajstić information content (AvgIpc) is 2.87. The molecule has 5 heteroatoms. The molecular weight excluding hydrogens is 313 g/mol. The first-order valence-corrected chi connectivity index (χ1v) is 7.37. The molecule has 106 valence electrons. The number of halogens is 2. The predicted octanol–water partition coefficient (Wildman–Crippen LogP) is 2.56. The third-order valence-corrected chi connectivity index (χ3v) is 3.80. The molecule has 3 nitrogen and oxygen atoms in total. The fourth-order valence-electron chi connectivity index (χ4n) is 2.36. The summed E-state index contributed by atoms with van der Waals surface area (Å²) in [6, 6.07) is 4.94. The van der Waals surface area contributed by atoms with Gasteiger partial charge in [0.05, 0.1) is 12.7 Å². The normalized spacial score (nSPS) is 19.3. The van der Waals surface area contributed by atoms with E-state index in [-0.39, 0.29) is 18.5 Å². The first kappa shape index (κ1) is 14.9. The zero-order valence-electron chi connectivity index (χ0n) is 10.8. The molecule has 1 unspecified atom stereocenters. The van der Waals surface area contributed by atoms with Crippen molar-refractivity contribution in [2.24, 2.45) is 0 Å². The van der Waals surface area contributed by atoms with Gasteiger partial charge >= 0.3 is 0 Å². The Labute approximate surface area is 121 Å². The number of aliphatic hydroxyl groups excluding tert-OH is 1. The summed E-state index contributed by atoms with van der Waals surface area (Å²) in [7, 11) is 0. The van der Waals surface area contributed by atoms with Crippen LogP contribution in [0, 0.1) is 5.82 Å². The van der Waals surface area contributed by atoms with E-state index in [2.05, 4.69) is 15.9 Å². The maximum Gasteiger partial charge on any atom is 0.127 e. The van der Waals surface area contributed by atoms with E-state index in [9.17, 15) is 4.39 Å². The summed E-state index contributed by atoms with van der Waals surface area (Å²) in [5.74, 6) is -0.210. The Morgan fingerprint density at radius 1 is 1.47 bits per heavy atom. The van der Waals surface area contributed by atoms with Crippen LogP contribution in [0.1, 0.15) is 18.4 Å². The minimum absolute atomic E-state index is 0.0718. The van der Waals surface area contributed by atoms with Crippen LogP contribution in [0.2, 0.25) is 0 Å². The van der Waals surface area contributed by atoms with Crippen molar-refractivity contribution in [3.63, 3.8) is 0 Å². The first-order chi connectivity index (χ1) is 9.19. The largest absolute Gasteiger partial charge is 0.395 e. The number of nitrogens with zero attached hydrogens (tertiary/aromatic N) is 1. The Bertz CT molecular complexity index is 410. The first-order valence-electron chi connectivity index (χ1n) is 6.58. The average molecular weight is 332 g/mol. The standard InChI is InChI=1S/C14H19BrFNO2/c15-12-3-4-14(16)11(8-12)9-17(5-6-18)10-13-2-1-7-19-13/h3-4,8,13,18H,1-2,5-7,9-10H2. The van der Waals surface area contributed by atoms with Gasteiger partial charge < -0.3 is 9.84 Å². The van der Waals surface area contributed by atoms with E-state index in [0.29, 0.717) is 18.7 Å². The summed E-state index contributed by atoms with van der Waals surface area (Å²) >= 11 is 3.35. The minimum atomic E-state index is -0.210. The molecule has 0 bridgehead atoms. The van der Waals surface area contributed by atoms with Crippen molar-refractivity contribution in [2.45, 2.75) is 25.5 Å². The van der Waals surface area contributed by atoms with Crippen molar-refractivity contribution < 1.29 is 14.2 Å². The summed E-state index contributed by atoms with van der Waals surface area (Å²) in [6.45, 7) is 2.65. The fraction of sp³-hybridized carbons (Fsp3) is 0.571. The molecule has 19 heavy (non-hydrogen) atoms. The fourth-order valence-corrected chi connectivity index (χ4v) is 2.77. The monoisotopic (exact) mass is 331 g/mol. The highest BCUT2D eigenvalue weighted by Crippen LogP contribution is 2.19. The maximum absolute atomic E-state index is 13.7. The SMILES string of the molecule is OCCN(Cc1cc(Br)ccc1F)CC1CCCO1. The van der Waals surface area contributed by atoms with Crippen LogP contribution in [0.5, 0.6) is 0 Å². The summed E-state index contributed by atoms with van der Waals surface area (Å²) in [4.78, 5) is 2.04. The van der Waals surface area contributed by atoms with E-state index in [1.165, 1.54) is 6.07 Å². The number of hydrogen-bond acceptors (Lipinski definition) is 3. The number of ether oxygens (including phenoxy) is 1. The third kappa shape index (κ3) is 4.53. The van der Waals surface area contributed by atoms with E-state index in [0.717, 1.165) is 30.5 Å². The van der Waals surface area contributed by atoms with Gasteiger partial charge in [0, 0.05) is 36.3 Å². The number of rotatable bonds is 6. The molecule has 2 rings (SSSR count). The smallest absolute Gasteiger partial charge is 0.127 e. The molecule has 1 fully saturated rings. The number of benzene rings is 1. The van der Waals surface area contributed by atoms with Crippen molar-refractivity contribution in [2.75, 3.05) is 26.3 Å². The van der Waals surface area contributed by atoms with E-state index in [1.807, 2.05) is 4.90 Å². The molecule has 1 atom stereocenters. The lowest BCUT2D eigenvalue weighted by Gasteiger charge is -2.24. The highest BCUT2D eigenvalue weighted by atomic mass is 79.9. The third-order valence-electron chi connectivity index (χ3n) is 3.30. The van der Waals surface area contributed by atoms with Crippen molar-refractivity contribution in [3.05, 3.63) is 34.1 Å². The van der Waals surface area contributed by atoms with E-state index >= 15 is 0 Å². The molecule has 0 radical (unpaired) electrons. The molecule has 1 aromatic carbocycles. The van der Waals surface area contributed by atoms with Gasteiger partial charge in [-0.2, -0.15) is 0 Å². The molecule has 0 aromatic heterocycles. The van der Waals surface area contributed by atoms with Crippen molar-refractivity contribution in [3.8, 4) is 0 Å². The lowest BCUT2D eigenvalue weighted by atomic mass is 10.1. The van der Waals surface area contributed by atoms with Crippen LogP contribution in [0.25, 0.3) is 0 Å². The van der Waals surface area contributed by atoms with E-state index in [4.69, 9.17) is 9.84 Å². The predicted molar refractivity (Wildman–Crippen MR) is 75.4 cm³/mol. The Hall–Kier alpha value is -0.490. The molecule has 0 spiro atoms. The van der Waals surface area contributed by atoms with Crippen LogP contribution in [0.4, 0.5) is 4.39 Å². The summed E-state index contributed by atoms with van der Waals surface area (Å²) in [5, 5.41) is 9.13. The second kappa shape index (κ2) is 7.33. The Balaban J connectivity index is 2.00. The number of hydrogen-bond donors (Lipinski definition) is 1. The van der Waals surface area contributed by atoms with Crippen molar-refractivity contribution in [1.29, 1.82) is 0 Å². The molecule has 0 amide bonds. The minimum Gasteiger partial charge on any atom is -0.395 e.